The van der Waals surface area contributed by atoms with Crippen molar-refractivity contribution in [1.29, 1.82) is 0 Å². The number of benzene rings is 2. The second kappa shape index (κ2) is 5.19. The van der Waals surface area contributed by atoms with Crippen LogP contribution in [0.2, 0.25) is 0 Å². The number of fused-ring (bicyclic) bond motifs is 1. The Kier molecular flexibility index (Phi) is 3.23. The number of rotatable bonds is 3. The van der Waals surface area contributed by atoms with Crippen molar-refractivity contribution in [2.45, 2.75) is 19.8 Å². The van der Waals surface area contributed by atoms with Crippen molar-refractivity contribution < 1.29 is 0 Å². The number of hydrogen-bond acceptors (Lipinski definition) is 2. The van der Waals surface area contributed by atoms with Gasteiger partial charge in [-0.1, -0.05) is 55.5 Å². The van der Waals surface area contributed by atoms with Gasteiger partial charge in [-0.3, -0.25) is 0 Å². The molecule has 3 aromatic rings. The topological polar surface area (TPSA) is 25.8 Å². The first-order chi connectivity index (χ1) is 9.38. The minimum absolute atomic E-state index is 0.921. The molecular formula is C17H16N2. The van der Waals surface area contributed by atoms with Crippen molar-refractivity contribution in [3.05, 3.63) is 60.4 Å². The molecule has 3 rings (SSSR count). The summed E-state index contributed by atoms with van der Waals surface area (Å²) in [5.74, 6) is 0.931. The molecular weight excluding hydrogens is 232 g/mol. The van der Waals surface area contributed by atoms with E-state index in [1.807, 2.05) is 30.3 Å². The summed E-state index contributed by atoms with van der Waals surface area (Å²) in [5.41, 5.74) is 3.22. The van der Waals surface area contributed by atoms with Crippen molar-refractivity contribution >= 4 is 10.9 Å². The molecule has 0 fully saturated rings. The van der Waals surface area contributed by atoms with Gasteiger partial charge in [0.1, 0.15) is 5.82 Å². The zero-order valence-electron chi connectivity index (χ0n) is 11.0. The molecule has 0 aliphatic rings. The maximum atomic E-state index is 4.75. The average Bonchev–Trinajstić information content (AvgIpc) is 2.48. The molecule has 0 radical (unpaired) electrons. The summed E-state index contributed by atoms with van der Waals surface area (Å²) in [5, 5.41) is 1.12. The van der Waals surface area contributed by atoms with Gasteiger partial charge < -0.3 is 0 Å². The Morgan fingerprint density at radius 3 is 2.37 bits per heavy atom. The van der Waals surface area contributed by atoms with Crippen LogP contribution in [0.3, 0.4) is 0 Å². The van der Waals surface area contributed by atoms with E-state index in [-0.39, 0.29) is 0 Å². The third-order valence-corrected chi connectivity index (χ3v) is 3.17. The van der Waals surface area contributed by atoms with Crippen molar-refractivity contribution in [1.82, 2.24) is 9.97 Å². The molecule has 0 bridgehead atoms. The largest absolute Gasteiger partial charge is 0.233 e. The lowest BCUT2D eigenvalue weighted by molar-refractivity contribution is 0.846. The Hall–Kier alpha value is -2.22. The van der Waals surface area contributed by atoms with E-state index in [4.69, 9.17) is 4.98 Å². The third-order valence-electron chi connectivity index (χ3n) is 3.17. The maximum absolute atomic E-state index is 4.75. The average molecular weight is 248 g/mol. The molecule has 1 aromatic heterocycles. The predicted molar refractivity (Wildman–Crippen MR) is 79.0 cm³/mol. The van der Waals surface area contributed by atoms with Crippen LogP contribution in [-0.2, 0) is 6.42 Å². The van der Waals surface area contributed by atoms with Crippen LogP contribution in [0.5, 0.6) is 0 Å². The summed E-state index contributed by atoms with van der Waals surface area (Å²) >= 11 is 0. The summed E-state index contributed by atoms with van der Waals surface area (Å²) in [6.45, 7) is 2.15. The van der Waals surface area contributed by atoms with Gasteiger partial charge in [0.2, 0.25) is 0 Å². The van der Waals surface area contributed by atoms with Crippen molar-refractivity contribution in [3.8, 4) is 11.3 Å². The van der Waals surface area contributed by atoms with Gasteiger partial charge in [-0.2, -0.15) is 0 Å². The van der Waals surface area contributed by atoms with Crippen LogP contribution in [-0.4, -0.2) is 9.97 Å². The van der Waals surface area contributed by atoms with E-state index in [0.29, 0.717) is 0 Å². The van der Waals surface area contributed by atoms with Crippen LogP contribution in [0, 0.1) is 0 Å². The van der Waals surface area contributed by atoms with Crippen LogP contribution < -0.4 is 0 Å². The van der Waals surface area contributed by atoms with Crippen molar-refractivity contribution in [2.75, 3.05) is 0 Å². The van der Waals surface area contributed by atoms with Crippen LogP contribution in [0.1, 0.15) is 19.2 Å². The van der Waals surface area contributed by atoms with Gasteiger partial charge >= 0.3 is 0 Å². The van der Waals surface area contributed by atoms with E-state index in [2.05, 4.69) is 36.2 Å². The van der Waals surface area contributed by atoms with E-state index in [1.54, 1.807) is 0 Å². The smallest absolute Gasteiger partial charge is 0.129 e. The fourth-order valence-electron chi connectivity index (χ4n) is 2.28. The molecule has 0 atom stereocenters. The molecule has 0 aliphatic carbocycles. The molecule has 0 saturated carbocycles. The zero-order chi connectivity index (χ0) is 13.1. The second-order valence-electron chi connectivity index (χ2n) is 4.62. The van der Waals surface area contributed by atoms with Crippen LogP contribution in [0.15, 0.2) is 54.6 Å². The number of hydrogen-bond donors (Lipinski definition) is 0. The maximum Gasteiger partial charge on any atom is 0.129 e. The second-order valence-corrected chi connectivity index (χ2v) is 4.62. The van der Waals surface area contributed by atoms with E-state index in [0.717, 1.165) is 40.8 Å². The minimum Gasteiger partial charge on any atom is -0.233 e. The Balaban J connectivity index is 2.26. The van der Waals surface area contributed by atoms with E-state index in [9.17, 15) is 0 Å². The zero-order valence-corrected chi connectivity index (χ0v) is 11.0. The first-order valence-corrected chi connectivity index (χ1v) is 6.69. The first-order valence-electron chi connectivity index (χ1n) is 6.69. The quantitative estimate of drug-likeness (QED) is 0.692. The molecule has 0 spiro atoms. The molecule has 0 amide bonds. The van der Waals surface area contributed by atoms with Crippen LogP contribution in [0.25, 0.3) is 22.2 Å². The lowest BCUT2D eigenvalue weighted by Gasteiger charge is -2.08. The molecule has 2 heteroatoms. The van der Waals surface area contributed by atoms with Gasteiger partial charge in [0.15, 0.2) is 0 Å². The monoisotopic (exact) mass is 248 g/mol. The van der Waals surface area contributed by atoms with Crippen LogP contribution in [0.4, 0.5) is 0 Å². The normalized spacial score (nSPS) is 10.8. The molecule has 0 N–H and O–H groups in total. The summed E-state index contributed by atoms with van der Waals surface area (Å²) < 4.78 is 0. The predicted octanol–water partition coefficient (Wildman–Crippen LogP) is 4.25. The SMILES string of the molecule is CCCc1nc(-c2ccccc2)c2ccccc2n1. The van der Waals surface area contributed by atoms with Gasteiger partial charge in [0.25, 0.3) is 0 Å². The molecule has 0 unspecified atom stereocenters. The summed E-state index contributed by atoms with van der Waals surface area (Å²) in [4.78, 5) is 9.39. The molecule has 1 heterocycles. The fraction of sp³-hybridized carbons (Fsp3) is 0.176. The Morgan fingerprint density at radius 2 is 1.58 bits per heavy atom. The Labute approximate surface area is 113 Å². The van der Waals surface area contributed by atoms with Gasteiger partial charge in [-0.15, -0.1) is 0 Å². The number of aryl methyl sites for hydroxylation is 1. The lowest BCUT2D eigenvalue weighted by Crippen LogP contribution is -1.98. The lowest BCUT2D eigenvalue weighted by atomic mass is 10.1. The highest BCUT2D eigenvalue weighted by molar-refractivity contribution is 5.92. The molecule has 19 heavy (non-hydrogen) atoms. The number of nitrogens with zero attached hydrogens (tertiary/aromatic N) is 2. The highest BCUT2D eigenvalue weighted by Gasteiger charge is 2.08. The highest BCUT2D eigenvalue weighted by Crippen LogP contribution is 2.25. The van der Waals surface area contributed by atoms with Gasteiger partial charge in [0.05, 0.1) is 11.2 Å². The first kappa shape index (κ1) is 11.8. The number of aromatic nitrogens is 2. The summed E-state index contributed by atoms with van der Waals surface area (Å²) in [6, 6.07) is 18.5. The molecule has 2 nitrogen and oxygen atoms in total. The number of para-hydroxylation sites is 1. The standard InChI is InChI=1S/C17H16N2/c1-2-8-16-18-15-12-7-6-11-14(15)17(19-16)13-9-4-3-5-10-13/h3-7,9-12H,2,8H2,1H3. The third kappa shape index (κ3) is 2.34. The van der Waals surface area contributed by atoms with Crippen molar-refractivity contribution in [2.24, 2.45) is 0 Å². The molecule has 94 valence electrons. The molecule has 0 saturated heterocycles. The van der Waals surface area contributed by atoms with E-state index < -0.39 is 0 Å². The van der Waals surface area contributed by atoms with E-state index >= 15 is 0 Å². The summed E-state index contributed by atoms with van der Waals surface area (Å²) in [7, 11) is 0. The van der Waals surface area contributed by atoms with E-state index in [1.165, 1.54) is 0 Å². The van der Waals surface area contributed by atoms with Gasteiger partial charge in [-0.25, -0.2) is 9.97 Å². The van der Waals surface area contributed by atoms with Gasteiger partial charge in [0, 0.05) is 17.4 Å². The highest BCUT2D eigenvalue weighted by atomic mass is 14.9. The Bertz CT molecular complexity index is 690. The summed E-state index contributed by atoms with van der Waals surface area (Å²) in [6.07, 6.45) is 1.98. The Morgan fingerprint density at radius 1 is 0.842 bits per heavy atom. The van der Waals surface area contributed by atoms with Gasteiger partial charge in [-0.05, 0) is 12.5 Å². The van der Waals surface area contributed by atoms with Crippen molar-refractivity contribution in [3.63, 3.8) is 0 Å². The minimum atomic E-state index is 0.921. The van der Waals surface area contributed by atoms with Crippen LogP contribution >= 0.6 is 0 Å². The molecule has 0 aliphatic heterocycles. The fourth-order valence-corrected chi connectivity index (χ4v) is 2.28. The molecule has 2 aromatic carbocycles.